The highest BCUT2D eigenvalue weighted by atomic mass is 19.1. The number of anilines is 1. The molecule has 0 radical (unpaired) electrons. The molecule has 1 aliphatic heterocycles. The molecule has 30 heavy (non-hydrogen) atoms. The van der Waals surface area contributed by atoms with E-state index in [1.54, 1.807) is 41.4 Å². The largest absolute Gasteiger partial charge is 0.327 e. The second-order valence-electron chi connectivity index (χ2n) is 7.44. The minimum absolute atomic E-state index is 0.146. The average Bonchev–Trinajstić information content (AvgIpc) is 3.01. The molecule has 4 rings (SSSR count). The molecule has 3 aromatic rings. The SMILES string of the molecule is Cc1ccc(CN2C(=O)c3cccc(F)c3C2CCC(=O)Nc2ccccn2)cc1. The zero-order valence-corrected chi connectivity index (χ0v) is 16.6. The molecule has 0 spiro atoms. The van der Waals surface area contributed by atoms with Crippen LogP contribution in [0.4, 0.5) is 10.2 Å². The Morgan fingerprint density at radius 2 is 1.90 bits per heavy atom. The Balaban J connectivity index is 1.54. The quantitative estimate of drug-likeness (QED) is 0.652. The molecule has 2 heterocycles. The van der Waals surface area contributed by atoms with Crippen LogP contribution in [0.2, 0.25) is 0 Å². The number of aryl methyl sites for hydroxylation is 1. The van der Waals surface area contributed by atoms with Crippen LogP contribution in [0.15, 0.2) is 66.9 Å². The number of rotatable bonds is 6. The Morgan fingerprint density at radius 1 is 1.10 bits per heavy atom. The van der Waals surface area contributed by atoms with Crippen LogP contribution in [-0.2, 0) is 11.3 Å². The zero-order valence-electron chi connectivity index (χ0n) is 16.6. The summed E-state index contributed by atoms with van der Waals surface area (Å²) in [4.78, 5) is 31.2. The first kappa shape index (κ1) is 19.8. The van der Waals surface area contributed by atoms with Gasteiger partial charge in [0.05, 0.1) is 6.04 Å². The number of aromatic nitrogens is 1. The summed E-state index contributed by atoms with van der Waals surface area (Å²) >= 11 is 0. The van der Waals surface area contributed by atoms with Crippen molar-refractivity contribution in [3.63, 3.8) is 0 Å². The van der Waals surface area contributed by atoms with E-state index in [0.717, 1.165) is 11.1 Å². The number of carbonyl (C=O) groups excluding carboxylic acids is 2. The number of carbonyl (C=O) groups is 2. The molecule has 1 aliphatic rings. The molecule has 0 aliphatic carbocycles. The Bertz CT molecular complexity index is 1070. The van der Waals surface area contributed by atoms with Gasteiger partial charge < -0.3 is 10.2 Å². The van der Waals surface area contributed by atoms with Gasteiger partial charge in [0, 0.05) is 30.3 Å². The number of benzene rings is 2. The maximum Gasteiger partial charge on any atom is 0.255 e. The minimum atomic E-state index is -0.496. The van der Waals surface area contributed by atoms with Gasteiger partial charge in [0.25, 0.3) is 5.91 Å². The molecule has 2 amide bonds. The fraction of sp³-hybridized carbons (Fsp3) is 0.208. The van der Waals surface area contributed by atoms with Gasteiger partial charge in [-0.05, 0) is 43.2 Å². The van der Waals surface area contributed by atoms with Crippen LogP contribution >= 0.6 is 0 Å². The minimum Gasteiger partial charge on any atom is -0.327 e. The van der Waals surface area contributed by atoms with Gasteiger partial charge in [0.2, 0.25) is 5.91 Å². The number of halogens is 1. The number of nitrogens with zero attached hydrogens (tertiary/aromatic N) is 2. The van der Waals surface area contributed by atoms with Crippen molar-refractivity contribution >= 4 is 17.6 Å². The van der Waals surface area contributed by atoms with Crippen LogP contribution in [0.3, 0.4) is 0 Å². The number of nitrogens with one attached hydrogen (secondary N) is 1. The van der Waals surface area contributed by atoms with Gasteiger partial charge in [-0.25, -0.2) is 9.37 Å². The smallest absolute Gasteiger partial charge is 0.255 e. The highest BCUT2D eigenvalue weighted by Gasteiger charge is 2.38. The molecule has 1 N–H and O–H groups in total. The molecule has 1 atom stereocenters. The van der Waals surface area contributed by atoms with Crippen molar-refractivity contribution in [2.24, 2.45) is 0 Å². The summed E-state index contributed by atoms with van der Waals surface area (Å²) in [7, 11) is 0. The fourth-order valence-corrected chi connectivity index (χ4v) is 3.80. The van der Waals surface area contributed by atoms with Crippen LogP contribution in [0.25, 0.3) is 0 Å². The first-order valence-electron chi connectivity index (χ1n) is 9.89. The Kier molecular flexibility index (Phi) is 5.57. The van der Waals surface area contributed by atoms with Crippen LogP contribution in [-0.4, -0.2) is 21.7 Å². The molecule has 0 fully saturated rings. The molecule has 0 bridgehead atoms. The Hall–Kier alpha value is -3.54. The first-order chi connectivity index (χ1) is 14.5. The van der Waals surface area contributed by atoms with E-state index >= 15 is 0 Å². The van der Waals surface area contributed by atoms with Crippen LogP contribution in [0.5, 0.6) is 0 Å². The third-order valence-corrected chi connectivity index (χ3v) is 5.30. The Labute approximate surface area is 174 Å². The topological polar surface area (TPSA) is 62.3 Å². The van der Waals surface area contributed by atoms with E-state index in [2.05, 4.69) is 10.3 Å². The summed E-state index contributed by atoms with van der Waals surface area (Å²) in [5.41, 5.74) is 2.84. The predicted molar refractivity (Wildman–Crippen MR) is 112 cm³/mol. The van der Waals surface area contributed by atoms with Gasteiger partial charge >= 0.3 is 0 Å². The van der Waals surface area contributed by atoms with E-state index in [4.69, 9.17) is 0 Å². The monoisotopic (exact) mass is 403 g/mol. The molecule has 0 saturated heterocycles. The third-order valence-electron chi connectivity index (χ3n) is 5.30. The van der Waals surface area contributed by atoms with E-state index in [9.17, 15) is 14.0 Å². The average molecular weight is 403 g/mol. The van der Waals surface area contributed by atoms with E-state index in [-0.39, 0.29) is 18.2 Å². The highest BCUT2D eigenvalue weighted by Crippen LogP contribution is 2.39. The maximum absolute atomic E-state index is 14.7. The van der Waals surface area contributed by atoms with Crippen molar-refractivity contribution in [1.29, 1.82) is 0 Å². The lowest BCUT2D eigenvalue weighted by Gasteiger charge is -2.25. The lowest BCUT2D eigenvalue weighted by atomic mass is 9.99. The highest BCUT2D eigenvalue weighted by molar-refractivity contribution is 5.99. The summed E-state index contributed by atoms with van der Waals surface area (Å²) in [5, 5.41) is 2.74. The Morgan fingerprint density at radius 3 is 2.63 bits per heavy atom. The van der Waals surface area contributed by atoms with Crippen molar-refractivity contribution < 1.29 is 14.0 Å². The van der Waals surface area contributed by atoms with Crippen LogP contribution < -0.4 is 5.32 Å². The lowest BCUT2D eigenvalue weighted by Crippen LogP contribution is -2.28. The summed E-state index contributed by atoms with van der Waals surface area (Å²) in [5.74, 6) is -0.378. The van der Waals surface area contributed by atoms with Crippen molar-refractivity contribution in [3.05, 3.63) is 94.9 Å². The van der Waals surface area contributed by atoms with Gasteiger partial charge in [-0.3, -0.25) is 9.59 Å². The number of fused-ring (bicyclic) bond motifs is 1. The predicted octanol–water partition coefficient (Wildman–Crippen LogP) is 4.65. The molecule has 5 nitrogen and oxygen atoms in total. The van der Waals surface area contributed by atoms with Crippen molar-refractivity contribution in [3.8, 4) is 0 Å². The third kappa shape index (κ3) is 4.08. The van der Waals surface area contributed by atoms with E-state index in [1.165, 1.54) is 6.07 Å². The molecular weight excluding hydrogens is 381 g/mol. The zero-order chi connectivity index (χ0) is 21.1. The molecule has 1 aromatic heterocycles. The molecule has 1 unspecified atom stereocenters. The normalized spacial score (nSPS) is 15.2. The van der Waals surface area contributed by atoms with Crippen molar-refractivity contribution in [2.45, 2.75) is 32.4 Å². The van der Waals surface area contributed by atoms with Crippen LogP contribution in [0.1, 0.15) is 45.9 Å². The molecular formula is C24H22FN3O2. The molecule has 2 aromatic carbocycles. The lowest BCUT2D eigenvalue weighted by molar-refractivity contribution is -0.116. The van der Waals surface area contributed by atoms with Gasteiger partial charge in [-0.2, -0.15) is 0 Å². The summed E-state index contributed by atoms with van der Waals surface area (Å²) in [6.07, 6.45) is 2.07. The fourth-order valence-electron chi connectivity index (χ4n) is 3.80. The van der Waals surface area contributed by atoms with Gasteiger partial charge in [0.1, 0.15) is 11.6 Å². The summed E-state index contributed by atoms with van der Waals surface area (Å²) in [6, 6.07) is 17.2. The summed E-state index contributed by atoms with van der Waals surface area (Å²) in [6.45, 7) is 2.36. The second kappa shape index (κ2) is 8.45. The van der Waals surface area contributed by atoms with Gasteiger partial charge in [-0.1, -0.05) is 42.0 Å². The molecule has 6 heteroatoms. The number of hydrogen-bond acceptors (Lipinski definition) is 3. The first-order valence-corrected chi connectivity index (χ1v) is 9.89. The van der Waals surface area contributed by atoms with Crippen molar-refractivity contribution in [2.75, 3.05) is 5.32 Å². The van der Waals surface area contributed by atoms with E-state index < -0.39 is 11.9 Å². The van der Waals surface area contributed by atoms with Gasteiger partial charge in [-0.15, -0.1) is 0 Å². The maximum atomic E-state index is 14.7. The molecule has 0 saturated carbocycles. The van der Waals surface area contributed by atoms with E-state index in [0.29, 0.717) is 29.9 Å². The number of amides is 2. The van der Waals surface area contributed by atoms with Crippen molar-refractivity contribution in [1.82, 2.24) is 9.88 Å². The van der Waals surface area contributed by atoms with Crippen LogP contribution in [0, 0.1) is 12.7 Å². The molecule has 152 valence electrons. The second-order valence-corrected chi connectivity index (χ2v) is 7.44. The van der Waals surface area contributed by atoms with E-state index in [1.807, 2.05) is 31.2 Å². The standard InChI is InChI=1S/C24H22FN3O2/c1-16-8-10-17(11-9-16)15-28-20(23-18(24(28)30)5-4-6-19(23)25)12-13-22(29)27-21-7-2-3-14-26-21/h2-11,14,20H,12-13,15H2,1H3,(H,26,27,29). The number of hydrogen-bond donors (Lipinski definition) is 1. The number of pyridine rings is 1. The van der Waals surface area contributed by atoms with Gasteiger partial charge in [0.15, 0.2) is 0 Å². The summed E-state index contributed by atoms with van der Waals surface area (Å²) < 4.78 is 14.7.